The van der Waals surface area contributed by atoms with Gasteiger partial charge in [-0.05, 0) is 12.1 Å². The molecule has 8 heteroatoms. The molecule has 3 rings (SSSR count). The maximum absolute atomic E-state index is 5.46. The summed E-state index contributed by atoms with van der Waals surface area (Å²) in [5.41, 5.74) is 3.24. The lowest BCUT2D eigenvalue weighted by Gasteiger charge is -2.18. The normalized spacial score (nSPS) is 10.2. The second-order valence-corrected chi connectivity index (χ2v) is 6.62. The molecule has 0 saturated carbocycles. The SMILES string of the molecule is COc1cc(Nc2ccccc2Nc2cc(OC)c(OC)c(OC)c2)cc(OC)c1OC. The highest BCUT2D eigenvalue weighted by Gasteiger charge is 2.16. The number of rotatable bonds is 10. The van der Waals surface area contributed by atoms with Crippen molar-refractivity contribution in [2.24, 2.45) is 0 Å². The number of nitrogens with one attached hydrogen (secondary N) is 2. The Balaban J connectivity index is 1.96. The van der Waals surface area contributed by atoms with Gasteiger partial charge >= 0.3 is 0 Å². The molecule has 0 radical (unpaired) electrons. The number of methoxy groups -OCH3 is 6. The second kappa shape index (κ2) is 10.4. The molecule has 0 amide bonds. The van der Waals surface area contributed by atoms with E-state index in [1.807, 2.05) is 48.5 Å². The number of ether oxygens (including phenoxy) is 6. The van der Waals surface area contributed by atoms with Crippen LogP contribution in [0, 0.1) is 0 Å². The molecule has 3 aromatic rings. The third kappa shape index (κ3) is 4.69. The van der Waals surface area contributed by atoms with Gasteiger partial charge < -0.3 is 39.1 Å². The molecule has 3 aromatic carbocycles. The molecule has 0 aliphatic carbocycles. The Kier molecular flexibility index (Phi) is 7.38. The van der Waals surface area contributed by atoms with Crippen molar-refractivity contribution in [2.75, 3.05) is 53.3 Å². The van der Waals surface area contributed by atoms with Crippen LogP contribution in [0.2, 0.25) is 0 Å². The van der Waals surface area contributed by atoms with E-state index in [2.05, 4.69) is 10.6 Å². The monoisotopic (exact) mass is 440 g/mol. The zero-order valence-electron chi connectivity index (χ0n) is 19.1. The Hall–Kier alpha value is -3.94. The maximum Gasteiger partial charge on any atom is 0.203 e. The van der Waals surface area contributed by atoms with Crippen molar-refractivity contribution in [1.29, 1.82) is 0 Å². The van der Waals surface area contributed by atoms with E-state index in [4.69, 9.17) is 28.4 Å². The molecule has 0 spiro atoms. The van der Waals surface area contributed by atoms with E-state index in [0.717, 1.165) is 22.7 Å². The molecule has 0 saturated heterocycles. The van der Waals surface area contributed by atoms with E-state index in [1.165, 1.54) is 0 Å². The lowest BCUT2D eigenvalue weighted by Crippen LogP contribution is -2.01. The van der Waals surface area contributed by atoms with Crippen LogP contribution in [0.1, 0.15) is 0 Å². The lowest BCUT2D eigenvalue weighted by molar-refractivity contribution is 0.324. The topological polar surface area (TPSA) is 79.4 Å². The minimum atomic E-state index is 0.532. The van der Waals surface area contributed by atoms with Gasteiger partial charge in [0.15, 0.2) is 23.0 Å². The average molecular weight is 440 g/mol. The first-order valence-corrected chi connectivity index (χ1v) is 9.81. The van der Waals surface area contributed by atoms with Crippen LogP contribution in [0.5, 0.6) is 34.5 Å². The number of hydrogen-bond donors (Lipinski definition) is 2. The van der Waals surface area contributed by atoms with Gasteiger partial charge in [0, 0.05) is 35.6 Å². The molecule has 170 valence electrons. The summed E-state index contributed by atoms with van der Waals surface area (Å²) >= 11 is 0. The van der Waals surface area contributed by atoms with E-state index in [1.54, 1.807) is 42.7 Å². The fourth-order valence-corrected chi connectivity index (χ4v) is 3.32. The Morgan fingerprint density at radius 1 is 0.469 bits per heavy atom. The summed E-state index contributed by atoms with van der Waals surface area (Å²) in [6.07, 6.45) is 0. The maximum atomic E-state index is 5.46. The van der Waals surface area contributed by atoms with Crippen molar-refractivity contribution in [3.05, 3.63) is 48.5 Å². The predicted molar refractivity (Wildman–Crippen MR) is 125 cm³/mol. The van der Waals surface area contributed by atoms with Gasteiger partial charge in [-0.1, -0.05) is 12.1 Å². The molecule has 0 fully saturated rings. The smallest absolute Gasteiger partial charge is 0.203 e. The van der Waals surface area contributed by atoms with Gasteiger partial charge in [0.1, 0.15) is 0 Å². The Bertz CT molecular complexity index is 936. The highest BCUT2D eigenvalue weighted by Crippen LogP contribution is 2.43. The Morgan fingerprint density at radius 2 is 0.781 bits per heavy atom. The van der Waals surface area contributed by atoms with Crippen LogP contribution >= 0.6 is 0 Å². The van der Waals surface area contributed by atoms with Crippen LogP contribution in [0.15, 0.2) is 48.5 Å². The first-order chi connectivity index (χ1) is 15.6. The largest absolute Gasteiger partial charge is 0.493 e. The summed E-state index contributed by atoms with van der Waals surface area (Å²) in [5, 5.41) is 6.82. The van der Waals surface area contributed by atoms with Crippen molar-refractivity contribution in [3.63, 3.8) is 0 Å². The summed E-state index contributed by atoms with van der Waals surface area (Å²) in [5.74, 6) is 3.30. The molecule has 0 aliphatic rings. The van der Waals surface area contributed by atoms with E-state index in [-0.39, 0.29) is 0 Å². The van der Waals surface area contributed by atoms with E-state index >= 15 is 0 Å². The van der Waals surface area contributed by atoms with Crippen LogP contribution in [0.3, 0.4) is 0 Å². The molecule has 0 unspecified atom stereocenters. The molecule has 0 heterocycles. The van der Waals surface area contributed by atoms with Gasteiger partial charge in [-0.2, -0.15) is 0 Å². The summed E-state index contributed by atoms with van der Waals surface area (Å²) < 4.78 is 32.6. The van der Waals surface area contributed by atoms with Gasteiger partial charge in [-0.3, -0.25) is 0 Å². The molecule has 0 atom stereocenters. The zero-order valence-corrected chi connectivity index (χ0v) is 19.1. The molecule has 0 bridgehead atoms. The highest BCUT2D eigenvalue weighted by molar-refractivity contribution is 5.80. The first kappa shape index (κ1) is 22.7. The number of anilines is 4. The van der Waals surface area contributed by atoms with Gasteiger partial charge in [-0.15, -0.1) is 0 Å². The lowest BCUT2D eigenvalue weighted by atomic mass is 10.2. The summed E-state index contributed by atoms with van der Waals surface area (Å²) in [6.45, 7) is 0. The van der Waals surface area contributed by atoms with Crippen LogP contribution < -0.4 is 39.1 Å². The van der Waals surface area contributed by atoms with Crippen molar-refractivity contribution >= 4 is 22.7 Å². The molecular weight excluding hydrogens is 412 g/mol. The Morgan fingerprint density at radius 3 is 1.03 bits per heavy atom. The molecule has 0 aromatic heterocycles. The standard InChI is InChI=1S/C24H28N2O6/c1-27-19-11-15(12-20(28-2)23(19)31-5)25-17-9-7-8-10-18(17)26-16-13-21(29-3)24(32-6)22(14-16)30-4/h7-14,25-26H,1-6H3. The molecule has 2 N–H and O–H groups in total. The highest BCUT2D eigenvalue weighted by atomic mass is 16.5. The second-order valence-electron chi connectivity index (χ2n) is 6.62. The third-order valence-electron chi connectivity index (χ3n) is 4.81. The number of hydrogen-bond acceptors (Lipinski definition) is 8. The van der Waals surface area contributed by atoms with Crippen LogP contribution in [0.4, 0.5) is 22.7 Å². The summed E-state index contributed by atoms with van der Waals surface area (Å²) in [4.78, 5) is 0. The average Bonchev–Trinajstić information content (AvgIpc) is 2.83. The predicted octanol–water partition coefficient (Wildman–Crippen LogP) is 5.23. The fraction of sp³-hybridized carbons (Fsp3) is 0.250. The van der Waals surface area contributed by atoms with Gasteiger partial charge in [0.05, 0.1) is 54.0 Å². The molecule has 8 nitrogen and oxygen atoms in total. The van der Waals surface area contributed by atoms with Gasteiger partial charge in [0.25, 0.3) is 0 Å². The summed E-state index contributed by atoms with van der Waals surface area (Å²) in [6, 6.07) is 15.2. The van der Waals surface area contributed by atoms with Crippen molar-refractivity contribution in [2.45, 2.75) is 0 Å². The first-order valence-electron chi connectivity index (χ1n) is 9.81. The van der Waals surface area contributed by atoms with Gasteiger partial charge in [0.2, 0.25) is 11.5 Å². The van der Waals surface area contributed by atoms with Crippen LogP contribution in [-0.2, 0) is 0 Å². The van der Waals surface area contributed by atoms with E-state index < -0.39 is 0 Å². The van der Waals surface area contributed by atoms with Crippen molar-refractivity contribution in [1.82, 2.24) is 0 Å². The molecule has 0 aliphatic heterocycles. The van der Waals surface area contributed by atoms with E-state index in [0.29, 0.717) is 34.5 Å². The minimum absolute atomic E-state index is 0.532. The third-order valence-corrected chi connectivity index (χ3v) is 4.81. The van der Waals surface area contributed by atoms with E-state index in [9.17, 15) is 0 Å². The number of para-hydroxylation sites is 2. The van der Waals surface area contributed by atoms with Crippen molar-refractivity contribution in [3.8, 4) is 34.5 Å². The fourth-order valence-electron chi connectivity index (χ4n) is 3.32. The zero-order chi connectivity index (χ0) is 23.1. The van der Waals surface area contributed by atoms with Crippen LogP contribution in [-0.4, -0.2) is 42.7 Å². The molecule has 32 heavy (non-hydrogen) atoms. The van der Waals surface area contributed by atoms with Crippen LogP contribution in [0.25, 0.3) is 0 Å². The quantitative estimate of drug-likeness (QED) is 0.444. The van der Waals surface area contributed by atoms with Gasteiger partial charge in [-0.25, -0.2) is 0 Å². The minimum Gasteiger partial charge on any atom is -0.493 e. The summed E-state index contributed by atoms with van der Waals surface area (Å²) in [7, 11) is 9.48. The molecular formula is C24H28N2O6. The number of benzene rings is 3. The van der Waals surface area contributed by atoms with Crippen molar-refractivity contribution < 1.29 is 28.4 Å². The Labute approximate surface area is 188 Å².